The predicted octanol–water partition coefficient (Wildman–Crippen LogP) is 3.98. The SMILES string of the molecule is CCc1cc(-c2nc(-c3cscc3C)no2)c(N)s1. The van der Waals surface area contributed by atoms with Gasteiger partial charge in [-0.25, -0.2) is 0 Å². The van der Waals surface area contributed by atoms with E-state index in [4.69, 9.17) is 10.3 Å². The van der Waals surface area contributed by atoms with Gasteiger partial charge in [0.25, 0.3) is 5.89 Å². The minimum atomic E-state index is 0.494. The molecule has 3 heterocycles. The van der Waals surface area contributed by atoms with Crippen LogP contribution in [0.3, 0.4) is 0 Å². The van der Waals surface area contributed by atoms with Gasteiger partial charge in [0, 0.05) is 15.8 Å². The van der Waals surface area contributed by atoms with Crippen LogP contribution in [-0.2, 0) is 6.42 Å². The van der Waals surface area contributed by atoms with Crippen LogP contribution in [0, 0.1) is 6.92 Å². The lowest BCUT2D eigenvalue weighted by Gasteiger charge is -1.90. The van der Waals surface area contributed by atoms with Crippen molar-refractivity contribution >= 4 is 27.7 Å². The monoisotopic (exact) mass is 291 g/mol. The Bertz CT molecular complexity index is 711. The van der Waals surface area contributed by atoms with E-state index in [0.717, 1.165) is 28.1 Å². The van der Waals surface area contributed by atoms with Gasteiger partial charge in [0.15, 0.2) is 0 Å². The standard InChI is InChI=1S/C13H13N3OS2/c1-3-8-4-9(11(14)19-8)13-15-12(16-17-13)10-6-18-5-7(10)2/h4-6H,3,14H2,1-2H3. The minimum Gasteiger partial charge on any atom is -0.390 e. The fourth-order valence-corrected chi connectivity index (χ4v) is 3.52. The van der Waals surface area contributed by atoms with Gasteiger partial charge in [-0.15, -0.1) is 11.3 Å². The van der Waals surface area contributed by atoms with Crippen molar-refractivity contribution in [1.29, 1.82) is 0 Å². The highest BCUT2D eigenvalue weighted by Gasteiger charge is 2.16. The summed E-state index contributed by atoms with van der Waals surface area (Å²) in [5, 5.41) is 8.87. The molecule has 0 atom stereocenters. The Labute approximate surface area is 118 Å². The third-order valence-corrected chi connectivity index (χ3v) is 4.88. The van der Waals surface area contributed by atoms with Crippen molar-refractivity contribution in [3.8, 4) is 22.8 Å². The molecule has 6 heteroatoms. The molecule has 3 aromatic heterocycles. The Morgan fingerprint density at radius 3 is 2.79 bits per heavy atom. The lowest BCUT2D eigenvalue weighted by Crippen LogP contribution is -1.84. The summed E-state index contributed by atoms with van der Waals surface area (Å²) in [6, 6.07) is 2.03. The van der Waals surface area contributed by atoms with E-state index < -0.39 is 0 Å². The molecule has 0 unspecified atom stereocenters. The van der Waals surface area contributed by atoms with E-state index in [0.29, 0.717) is 11.7 Å². The van der Waals surface area contributed by atoms with Gasteiger partial charge in [-0.05, 0) is 30.4 Å². The van der Waals surface area contributed by atoms with Crippen LogP contribution in [0.2, 0.25) is 0 Å². The Morgan fingerprint density at radius 1 is 1.32 bits per heavy atom. The Kier molecular flexibility index (Phi) is 3.12. The van der Waals surface area contributed by atoms with Gasteiger partial charge in [-0.3, -0.25) is 0 Å². The molecule has 0 radical (unpaired) electrons. The number of nitrogens with two attached hydrogens (primary N) is 1. The summed E-state index contributed by atoms with van der Waals surface area (Å²) < 4.78 is 5.34. The van der Waals surface area contributed by atoms with Crippen molar-refractivity contribution < 1.29 is 4.52 Å². The number of aryl methyl sites for hydroxylation is 2. The second-order valence-corrected chi connectivity index (χ2v) is 6.15. The number of hydrogen-bond donors (Lipinski definition) is 1. The first-order valence-electron chi connectivity index (χ1n) is 5.94. The van der Waals surface area contributed by atoms with Crippen LogP contribution >= 0.6 is 22.7 Å². The summed E-state index contributed by atoms with van der Waals surface area (Å²) in [5.41, 5.74) is 9.02. The third-order valence-electron chi connectivity index (χ3n) is 2.91. The fraction of sp³-hybridized carbons (Fsp3) is 0.231. The Hall–Kier alpha value is -1.66. The first kappa shape index (κ1) is 12.4. The quantitative estimate of drug-likeness (QED) is 0.792. The van der Waals surface area contributed by atoms with Crippen LogP contribution in [0.1, 0.15) is 17.4 Å². The molecule has 0 fully saturated rings. The molecule has 0 spiro atoms. The van der Waals surface area contributed by atoms with Crippen molar-refractivity contribution in [2.75, 3.05) is 5.73 Å². The summed E-state index contributed by atoms with van der Waals surface area (Å²) in [7, 11) is 0. The van der Waals surface area contributed by atoms with E-state index in [1.165, 1.54) is 4.88 Å². The van der Waals surface area contributed by atoms with Gasteiger partial charge in [0.1, 0.15) is 0 Å². The van der Waals surface area contributed by atoms with Crippen LogP contribution in [0.25, 0.3) is 22.8 Å². The molecule has 3 aromatic rings. The van der Waals surface area contributed by atoms with Gasteiger partial charge in [0.2, 0.25) is 5.82 Å². The molecule has 0 aliphatic heterocycles. The number of hydrogen-bond acceptors (Lipinski definition) is 6. The number of rotatable bonds is 3. The molecular formula is C13H13N3OS2. The smallest absolute Gasteiger partial charge is 0.261 e. The molecule has 0 aromatic carbocycles. The van der Waals surface area contributed by atoms with E-state index in [1.807, 2.05) is 18.4 Å². The molecule has 2 N–H and O–H groups in total. The van der Waals surface area contributed by atoms with E-state index in [2.05, 4.69) is 22.4 Å². The second kappa shape index (κ2) is 4.79. The van der Waals surface area contributed by atoms with Crippen LogP contribution < -0.4 is 5.73 Å². The van der Waals surface area contributed by atoms with Crippen LogP contribution in [-0.4, -0.2) is 10.1 Å². The van der Waals surface area contributed by atoms with Crippen LogP contribution in [0.4, 0.5) is 5.00 Å². The molecule has 0 bridgehead atoms. The maximum Gasteiger partial charge on any atom is 0.261 e. The molecule has 4 nitrogen and oxygen atoms in total. The van der Waals surface area contributed by atoms with E-state index in [9.17, 15) is 0 Å². The zero-order valence-electron chi connectivity index (χ0n) is 10.6. The fourth-order valence-electron chi connectivity index (χ4n) is 1.83. The molecule has 0 aliphatic rings. The molecule has 98 valence electrons. The number of thiophene rings is 2. The van der Waals surface area contributed by atoms with Crippen molar-refractivity contribution in [3.05, 3.63) is 27.3 Å². The maximum atomic E-state index is 6.00. The average Bonchev–Trinajstić information content (AvgIpc) is 3.07. The number of nitrogen functional groups attached to an aromatic ring is 1. The molecule has 3 rings (SSSR count). The summed E-state index contributed by atoms with van der Waals surface area (Å²) in [5.74, 6) is 1.12. The normalized spacial score (nSPS) is 11.1. The molecule has 0 saturated carbocycles. The van der Waals surface area contributed by atoms with Gasteiger partial charge in [-0.2, -0.15) is 16.3 Å². The average molecular weight is 291 g/mol. The summed E-state index contributed by atoms with van der Waals surface area (Å²) in [6.07, 6.45) is 0.958. The lowest BCUT2D eigenvalue weighted by atomic mass is 10.2. The highest BCUT2D eigenvalue weighted by Crippen LogP contribution is 2.34. The van der Waals surface area contributed by atoms with E-state index >= 15 is 0 Å². The zero-order chi connectivity index (χ0) is 13.4. The predicted molar refractivity (Wildman–Crippen MR) is 79.5 cm³/mol. The second-order valence-electron chi connectivity index (χ2n) is 4.24. The summed E-state index contributed by atoms with van der Waals surface area (Å²) in [6.45, 7) is 4.14. The highest BCUT2D eigenvalue weighted by atomic mass is 32.1. The van der Waals surface area contributed by atoms with Crippen LogP contribution in [0.5, 0.6) is 0 Å². The molecular weight excluding hydrogens is 278 g/mol. The zero-order valence-corrected chi connectivity index (χ0v) is 12.3. The first-order valence-corrected chi connectivity index (χ1v) is 7.70. The van der Waals surface area contributed by atoms with Crippen molar-refractivity contribution in [2.24, 2.45) is 0 Å². The topological polar surface area (TPSA) is 64.9 Å². The Balaban J connectivity index is 2.01. The van der Waals surface area contributed by atoms with Gasteiger partial charge < -0.3 is 10.3 Å². The minimum absolute atomic E-state index is 0.494. The molecule has 0 saturated heterocycles. The van der Waals surface area contributed by atoms with E-state index in [1.54, 1.807) is 22.7 Å². The van der Waals surface area contributed by atoms with Crippen molar-refractivity contribution in [2.45, 2.75) is 20.3 Å². The summed E-state index contributed by atoms with van der Waals surface area (Å²) >= 11 is 3.20. The molecule has 19 heavy (non-hydrogen) atoms. The van der Waals surface area contributed by atoms with Gasteiger partial charge >= 0.3 is 0 Å². The van der Waals surface area contributed by atoms with Crippen LogP contribution in [0.15, 0.2) is 21.3 Å². The molecule has 0 aliphatic carbocycles. The van der Waals surface area contributed by atoms with E-state index in [-0.39, 0.29) is 0 Å². The maximum absolute atomic E-state index is 6.00. The van der Waals surface area contributed by atoms with Crippen molar-refractivity contribution in [1.82, 2.24) is 10.1 Å². The lowest BCUT2D eigenvalue weighted by molar-refractivity contribution is 0.432. The van der Waals surface area contributed by atoms with Crippen molar-refractivity contribution in [3.63, 3.8) is 0 Å². The third kappa shape index (κ3) is 2.17. The number of anilines is 1. The van der Waals surface area contributed by atoms with Gasteiger partial charge in [0.05, 0.1) is 10.6 Å². The molecule has 0 amide bonds. The van der Waals surface area contributed by atoms with Gasteiger partial charge in [-0.1, -0.05) is 12.1 Å². The summed E-state index contributed by atoms with van der Waals surface area (Å²) in [4.78, 5) is 5.67. The highest BCUT2D eigenvalue weighted by molar-refractivity contribution is 7.16. The largest absolute Gasteiger partial charge is 0.390 e. The number of aromatic nitrogens is 2. The Morgan fingerprint density at radius 2 is 2.16 bits per heavy atom. The first-order chi connectivity index (χ1) is 9.19. The number of nitrogens with zero attached hydrogens (tertiary/aromatic N) is 2.